The van der Waals surface area contributed by atoms with Gasteiger partial charge in [0, 0.05) is 25.2 Å². The summed E-state index contributed by atoms with van der Waals surface area (Å²) in [6, 6.07) is 11.4. The highest BCUT2D eigenvalue weighted by atomic mass is 16.3. The van der Waals surface area contributed by atoms with Crippen LogP contribution in [-0.4, -0.2) is 48.3 Å². The lowest BCUT2D eigenvalue weighted by Crippen LogP contribution is -2.58. The van der Waals surface area contributed by atoms with Crippen LogP contribution in [-0.2, 0) is 6.42 Å². The Morgan fingerprint density at radius 1 is 1.32 bits per heavy atom. The molecular formula is C16H26N2O. The quantitative estimate of drug-likeness (QED) is 0.818. The van der Waals surface area contributed by atoms with E-state index in [1.165, 1.54) is 18.4 Å². The number of aliphatic hydroxyl groups is 1. The predicted molar refractivity (Wildman–Crippen MR) is 79.3 cm³/mol. The number of nitrogens with one attached hydrogen (secondary N) is 1. The Labute approximate surface area is 116 Å². The molecule has 1 saturated heterocycles. The van der Waals surface area contributed by atoms with E-state index in [2.05, 4.69) is 47.5 Å². The van der Waals surface area contributed by atoms with Gasteiger partial charge in [0.05, 0.1) is 6.61 Å². The molecule has 0 saturated carbocycles. The van der Waals surface area contributed by atoms with Crippen molar-refractivity contribution in [3.8, 4) is 0 Å². The molecule has 1 aromatic rings. The van der Waals surface area contributed by atoms with Crippen molar-refractivity contribution < 1.29 is 5.11 Å². The number of unbranched alkanes of at least 4 members (excludes halogenated alkanes) is 1. The van der Waals surface area contributed by atoms with Crippen molar-refractivity contribution in [1.29, 1.82) is 0 Å². The minimum atomic E-state index is 0.259. The van der Waals surface area contributed by atoms with Crippen LogP contribution in [0.15, 0.2) is 30.3 Å². The van der Waals surface area contributed by atoms with E-state index in [9.17, 15) is 5.11 Å². The molecule has 1 aliphatic rings. The molecule has 1 heterocycles. The first-order chi connectivity index (χ1) is 9.33. The highest BCUT2D eigenvalue weighted by molar-refractivity contribution is 5.16. The van der Waals surface area contributed by atoms with E-state index in [0.717, 1.165) is 26.1 Å². The van der Waals surface area contributed by atoms with Crippen LogP contribution in [0.2, 0.25) is 0 Å². The minimum Gasteiger partial charge on any atom is -0.395 e. The Hall–Kier alpha value is -0.900. The highest BCUT2D eigenvalue weighted by Crippen LogP contribution is 2.12. The lowest BCUT2D eigenvalue weighted by atomic mass is 10.0. The van der Waals surface area contributed by atoms with E-state index < -0.39 is 0 Å². The molecule has 0 spiro atoms. The molecule has 0 radical (unpaired) electrons. The number of piperazine rings is 1. The van der Waals surface area contributed by atoms with Crippen molar-refractivity contribution in [2.24, 2.45) is 0 Å². The van der Waals surface area contributed by atoms with E-state index in [0.29, 0.717) is 12.1 Å². The zero-order chi connectivity index (χ0) is 13.5. The molecule has 1 aromatic carbocycles. The Morgan fingerprint density at radius 2 is 2.11 bits per heavy atom. The second-order valence-electron chi connectivity index (χ2n) is 5.48. The fraction of sp³-hybridized carbons (Fsp3) is 0.625. The predicted octanol–water partition coefficient (Wildman–Crippen LogP) is 1.66. The van der Waals surface area contributed by atoms with E-state index in [1.807, 2.05) is 0 Å². The van der Waals surface area contributed by atoms with Gasteiger partial charge in [-0.1, -0.05) is 43.7 Å². The SMILES string of the molecule is CCCCN1CC(Cc2ccccc2)NCC1CO. The average molecular weight is 262 g/mol. The van der Waals surface area contributed by atoms with Crippen molar-refractivity contribution in [1.82, 2.24) is 10.2 Å². The van der Waals surface area contributed by atoms with E-state index in [1.54, 1.807) is 0 Å². The number of aliphatic hydroxyl groups excluding tert-OH is 1. The van der Waals surface area contributed by atoms with Crippen LogP contribution in [0.3, 0.4) is 0 Å². The first-order valence-electron chi connectivity index (χ1n) is 7.45. The largest absolute Gasteiger partial charge is 0.395 e. The number of benzene rings is 1. The van der Waals surface area contributed by atoms with Crippen molar-refractivity contribution in [3.05, 3.63) is 35.9 Å². The highest BCUT2D eigenvalue weighted by Gasteiger charge is 2.26. The van der Waals surface area contributed by atoms with Crippen LogP contribution >= 0.6 is 0 Å². The summed E-state index contributed by atoms with van der Waals surface area (Å²) in [5.74, 6) is 0. The van der Waals surface area contributed by atoms with Crippen LogP contribution in [0.1, 0.15) is 25.3 Å². The van der Waals surface area contributed by atoms with Crippen LogP contribution in [0.25, 0.3) is 0 Å². The fourth-order valence-electron chi connectivity index (χ4n) is 2.78. The summed E-state index contributed by atoms with van der Waals surface area (Å²) in [7, 11) is 0. The van der Waals surface area contributed by atoms with Crippen molar-refractivity contribution >= 4 is 0 Å². The van der Waals surface area contributed by atoms with Crippen molar-refractivity contribution in [2.45, 2.75) is 38.3 Å². The van der Waals surface area contributed by atoms with Crippen molar-refractivity contribution in [2.75, 3.05) is 26.2 Å². The summed E-state index contributed by atoms with van der Waals surface area (Å²) in [6.45, 7) is 5.53. The summed E-state index contributed by atoms with van der Waals surface area (Å²) < 4.78 is 0. The first-order valence-corrected chi connectivity index (χ1v) is 7.45. The molecule has 19 heavy (non-hydrogen) atoms. The lowest BCUT2D eigenvalue weighted by molar-refractivity contribution is 0.0795. The number of hydrogen-bond acceptors (Lipinski definition) is 3. The zero-order valence-corrected chi connectivity index (χ0v) is 11.9. The third kappa shape index (κ3) is 4.30. The summed E-state index contributed by atoms with van der Waals surface area (Å²) in [6.07, 6.45) is 3.50. The molecule has 1 aliphatic heterocycles. The molecule has 3 heteroatoms. The van der Waals surface area contributed by atoms with Gasteiger partial charge in [-0.15, -0.1) is 0 Å². The molecule has 2 N–H and O–H groups in total. The van der Waals surface area contributed by atoms with E-state index >= 15 is 0 Å². The Balaban J connectivity index is 1.89. The molecule has 0 aliphatic carbocycles. The maximum absolute atomic E-state index is 9.46. The van der Waals surface area contributed by atoms with Crippen LogP contribution in [0.5, 0.6) is 0 Å². The van der Waals surface area contributed by atoms with Gasteiger partial charge in [-0.2, -0.15) is 0 Å². The van der Waals surface area contributed by atoms with Gasteiger partial charge in [0.1, 0.15) is 0 Å². The van der Waals surface area contributed by atoms with Gasteiger partial charge in [-0.25, -0.2) is 0 Å². The van der Waals surface area contributed by atoms with Crippen molar-refractivity contribution in [3.63, 3.8) is 0 Å². The Morgan fingerprint density at radius 3 is 2.79 bits per heavy atom. The van der Waals surface area contributed by atoms with E-state index in [-0.39, 0.29) is 6.61 Å². The molecular weight excluding hydrogens is 236 g/mol. The summed E-state index contributed by atoms with van der Waals surface area (Å²) in [5, 5.41) is 13.0. The molecule has 2 unspecified atom stereocenters. The maximum Gasteiger partial charge on any atom is 0.0599 e. The number of rotatable bonds is 6. The zero-order valence-electron chi connectivity index (χ0n) is 11.9. The molecule has 1 fully saturated rings. The second kappa shape index (κ2) is 7.63. The van der Waals surface area contributed by atoms with Gasteiger partial charge in [-0.3, -0.25) is 4.90 Å². The number of hydrogen-bond donors (Lipinski definition) is 2. The normalized spacial score (nSPS) is 24.5. The minimum absolute atomic E-state index is 0.259. The lowest BCUT2D eigenvalue weighted by Gasteiger charge is -2.39. The molecule has 0 amide bonds. The number of nitrogens with zero attached hydrogens (tertiary/aromatic N) is 1. The van der Waals surface area contributed by atoms with Gasteiger partial charge in [0.15, 0.2) is 0 Å². The third-order valence-electron chi connectivity index (χ3n) is 3.95. The van der Waals surface area contributed by atoms with Gasteiger partial charge in [0.25, 0.3) is 0 Å². The van der Waals surface area contributed by atoms with Gasteiger partial charge >= 0.3 is 0 Å². The maximum atomic E-state index is 9.46. The topological polar surface area (TPSA) is 35.5 Å². The molecule has 3 nitrogen and oxygen atoms in total. The average Bonchev–Trinajstić information content (AvgIpc) is 2.46. The smallest absolute Gasteiger partial charge is 0.0599 e. The van der Waals surface area contributed by atoms with Crippen LogP contribution in [0.4, 0.5) is 0 Å². The molecule has 106 valence electrons. The Kier molecular flexibility index (Phi) is 5.83. The monoisotopic (exact) mass is 262 g/mol. The first kappa shape index (κ1) is 14.5. The molecule has 2 atom stereocenters. The van der Waals surface area contributed by atoms with Crippen LogP contribution in [0, 0.1) is 0 Å². The summed E-state index contributed by atoms with van der Waals surface area (Å²) >= 11 is 0. The molecule has 0 aromatic heterocycles. The van der Waals surface area contributed by atoms with E-state index in [4.69, 9.17) is 0 Å². The second-order valence-corrected chi connectivity index (χ2v) is 5.48. The molecule has 0 bridgehead atoms. The van der Waals surface area contributed by atoms with Gasteiger partial charge in [0.2, 0.25) is 0 Å². The summed E-state index contributed by atoms with van der Waals surface area (Å²) in [4.78, 5) is 2.45. The fourth-order valence-corrected chi connectivity index (χ4v) is 2.78. The van der Waals surface area contributed by atoms with Gasteiger partial charge in [-0.05, 0) is 24.9 Å². The standard InChI is InChI=1S/C16H26N2O/c1-2-3-9-18-12-15(17-11-16(18)13-19)10-14-7-5-4-6-8-14/h4-8,15-17,19H,2-3,9-13H2,1H3. The third-order valence-corrected chi connectivity index (χ3v) is 3.95. The molecule has 2 rings (SSSR count). The van der Waals surface area contributed by atoms with Crippen LogP contribution < -0.4 is 5.32 Å². The summed E-state index contributed by atoms with van der Waals surface area (Å²) in [5.41, 5.74) is 1.39. The Bertz CT molecular complexity index is 355. The van der Waals surface area contributed by atoms with Gasteiger partial charge < -0.3 is 10.4 Å².